The maximum atomic E-state index is 10.9. The Morgan fingerprint density at radius 2 is 1.92 bits per heavy atom. The predicted octanol–water partition coefficient (Wildman–Crippen LogP) is 4.67. The summed E-state index contributed by atoms with van der Waals surface area (Å²) in [5, 5.41) is 9.70. The normalized spacial score (nSPS) is 15.5. The summed E-state index contributed by atoms with van der Waals surface area (Å²) in [7, 11) is 0. The van der Waals surface area contributed by atoms with E-state index >= 15 is 0 Å². The maximum Gasteiger partial charge on any atom is 0.407 e. The first kappa shape index (κ1) is 16.8. The van der Waals surface area contributed by atoms with Gasteiger partial charge in [0.05, 0.1) is 12.7 Å². The highest BCUT2D eigenvalue weighted by molar-refractivity contribution is 6.30. The van der Waals surface area contributed by atoms with E-state index in [1.807, 2.05) is 36.4 Å². The molecule has 1 saturated heterocycles. The van der Waals surface area contributed by atoms with Gasteiger partial charge < -0.3 is 14.7 Å². The molecule has 1 heterocycles. The molecule has 1 aliphatic heterocycles. The number of hydrogen-bond donors (Lipinski definition) is 1. The first-order valence-electron chi connectivity index (χ1n) is 8.07. The van der Waals surface area contributed by atoms with Crippen LogP contribution in [0.5, 0.6) is 0 Å². The Kier molecular flexibility index (Phi) is 5.38. The minimum Gasteiger partial charge on any atom is -0.465 e. The van der Waals surface area contributed by atoms with Crippen molar-refractivity contribution in [3.05, 3.63) is 59.1 Å². The summed E-state index contributed by atoms with van der Waals surface area (Å²) in [5.41, 5.74) is 3.30. The van der Waals surface area contributed by atoms with Crippen molar-refractivity contribution in [2.45, 2.75) is 25.6 Å². The van der Waals surface area contributed by atoms with Gasteiger partial charge in [0.15, 0.2) is 0 Å². The Labute approximate surface area is 146 Å². The van der Waals surface area contributed by atoms with Crippen LogP contribution < -0.4 is 0 Å². The average Bonchev–Trinajstić information content (AvgIpc) is 2.60. The highest BCUT2D eigenvalue weighted by Crippen LogP contribution is 2.27. The molecule has 1 fully saturated rings. The minimum atomic E-state index is -0.847. The lowest BCUT2D eigenvalue weighted by atomic mass is 10.00. The zero-order valence-electron chi connectivity index (χ0n) is 13.3. The van der Waals surface area contributed by atoms with E-state index in [9.17, 15) is 4.79 Å². The predicted molar refractivity (Wildman–Crippen MR) is 94.3 cm³/mol. The molecule has 5 heteroatoms. The van der Waals surface area contributed by atoms with E-state index in [1.165, 1.54) is 4.90 Å². The van der Waals surface area contributed by atoms with Crippen LogP contribution in [0.2, 0.25) is 5.02 Å². The minimum absolute atomic E-state index is 0.105. The van der Waals surface area contributed by atoms with Crippen LogP contribution in [0.4, 0.5) is 4.79 Å². The van der Waals surface area contributed by atoms with E-state index < -0.39 is 6.09 Å². The van der Waals surface area contributed by atoms with Gasteiger partial charge in [-0.3, -0.25) is 0 Å². The molecule has 0 radical (unpaired) electrons. The molecule has 24 heavy (non-hydrogen) atoms. The number of nitrogens with zero attached hydrogens (tertiary/aromatic N) is 1. The van der Waals surface area contributed by atoms with Crippen molar-refractivity contribution in [2.75, 3.05) is 13.1 Å². The third-order valence-electron chi connectivity index (χ3n) is 4.34. The van der Waals surface area contributed by atoms with Crippen LogP contribution in [-0.4, -0.2) is 35.3 Å². The number of hydrogen-bond acceptors (Lipinski definition) is 2. The lowest BCUT2D eigenvalue weighted by Gasteiger charge is -2.30. The Hall–Kier alpha value is -2.04. The maximum absolute atomic E-state index is 10.9. The summed E-state index contributed by atoms with van der Waals surface area (Å²) in [6, 6.07) is 15.9. The van der Waals surface area contributed by atoms with E-state index in [4.69, 9.17) is 21.4 Å². The number of rotatable bonds is 4. The second kappa shape index (κ2) is 7.69. The summed E-state index contributed by atoms with van der Waals surface area (Å²) in [6.07, 6.45) is 0.741. The number of piperidine rings is 1. The number of ether oxygens (including phenoxy) is 1. The Balaban J connectivity index is 1.65. The molecule has 0 saturated carbocycles. The van der Waals surface area contributed by atoms with Gasteiger partial charge in [0, 0.05) is 18.1 Å². The molecule has 126 valence electrons. The first-order chi connectivity index (χ1) is 11.6. The van der Waals surface area contributed by atoms with Crippen molar-refractivity contribution >= 4 is 17.7 Å². The second-order valence-corrected chi connectivity index (χ2v) is 6.38. The average molecular weight is 346 g/mol. The lowest BCUT2D eigenvalue weighted by Crippen LogP contribution is -2.40. The monoisotopic (exact) mass is 345 g/mol. The van der Waals surface area contributed by atoms with Crippen LogP contribution in [0, 0.1) is 0 Å². The lowest BCUT2D eigenvalue weighted by molar-refractivity contribution is 0.000543. The largest absolute Gasteiger partial charge is 0.465 e. The number of amides is 1. The van der Waals surface area contributed by atoms with Crippen LogP contribution in [0.15, 0.2) is 48.5 Å². The van der Waals surface area contributed by atoms with Gasteiger partial charge in [0.1, 0.15) is 0 Å². The van der Waals surface area contributed by atoms with Gasteiger partial charge in [0.25, 0.3) is 0 Å². The topological polar surface area (TPSA) is 49.8 Å². The van der Waals surface area contributed by atoms with E-state index in [0.717, 1.165) is 29.5 Å². The fraction of sp³-hybridized carbons (Fsp3) is 0.316. The highest BCUT2D eigenvalue weighted by Gasteiger charge is 2.22. The molecule has 0 aliphatic carbocycles. The molecular weight excluding hydrogens is 326 g/mol. The van der Waals surface area contributed by atoms with Gasteiger partial charge in [-0.1, -0.05) is 48.0 Å². The molecule has 0 spiro atoms. The SMILES string of the molecule is O=C(O)N1CCC(OCc2ccccc2-c2cccc(Cl)c2)CC1. The van der Waals surface area contributed by atoms with Crippen molar-refractivity contribution in [2.24, 2.45) is 0 Å². The smallest absolute Gasteiger partial charge is 0.407 e. The summed E-state index contributed by atoms with van der Waals surface area (Å²) < 4.78 is 6.04. The Morgan fingerprint density at radius 3 is 2.62 bits per heavy atom. The van der Waals surface area contributed by atoms with Crippen molar-refractivity contribution in [3.63, 3.8) is 0 Å². The molecule has 1 N–H and O–H groups in total. The molecule has 0 atom stereocenters. The van der Waals surface area contributed by atoms with Crippen molar-refractivity contribution < 1.29 is 14.6 Å². The Morgan fingerprint density at radius 1 is 1.17 bits per heavy atom. The van der Waals surface area contributed by atoms with Crippen molar-refractivity contribution in [1.82, 2.24) is 4.90 Å². The Bertz CT molecular complexity index is 711. The molecule has 2 aromatic carbocycles. The molecule has 4 nitrogen and oxygen atoms in total. The van der Waals surface area contributed by atoms with Crippen LogP contribution in [0.1, 0.15) is 18.4 Å². The zero-order chi connectivity index (χ0) is 16.9. The molecule has 0 unspecified atom stereocenters. The summed E-state index contributed by atoms with van der Waals surface area (Å²) >= 11 is 6.10. The van der Waals surface area contributed by atoms with Crippen LogP contribution in [0.3, 0.4) is 0 Å². The van der Waals surface area contributed by atoms with Gasteiger partial charge in [-0.25, -0.2) is 4.79 Å². The summed E-state index contributed by atoms with van der Waals surface area (Å²) in [6.45, 7) is 1.59. The third-order valence-corrected chi connectivity index (χ3v) is 4.58. The van der Waals surface area contributed by atoms with Gasteiger partial charge in [-0.05, 0) is 41.7 Å². The first-order valence-corrected chi connectivity index (χ1v) is 8.44. The number of halogens is 1. The summed E-state index contributed by atoms with van der Waals surface area (Å²) in [5.74, 6) is 0. The fourth-order valence-corrected chi connectivity index (χ4v) is 3.20. The standard InChI is InChI=1S/C19H20ClNO3/c20-16-6-3-5-14(12-16)18-7-2-1-4-15(18)13-24-17-8-10-21(11-9-17)19(22)23/h1-7,12,17H,8-11,13H2,(H,22,23). The van der Waals surface area contributed by atoms with Crippen LogP contribution >= 0.6 is 11.6 Å². The number of carbonyl (C=O) groups is 1. The molecule has 1 aliphatic rings. The van der Waals surface area contributed by atoms with Crippen LogP contribution in [0.25, 0.3) is 11.1 Å². The van der Waals surface area contributed by atoms with E-state index in [1.54, 1.807) is 0 Å². The highest BCUT2D eigenvalue weighted by atomic mass is 35.5. The van der Waals surface area contributed by atoms with Gasteiger partial charge >= 0.3 is 6.09 Å². The molecule has 0 bridgehead atoms. The van der Waals surface area contributed by atoms with Crippen molar-refractivity contribution in [3.8, 4) is 11.1 Å². The van der Waals surface area contributed by atoms with Gasteiger partial charge in [-0.2, -0.15) is 0 Å². The molecule has 1 amide bonds. The van der Waals surface area contributed by atoms with Gasteiger partial charge in [-0.15, -0.1) is 0 Å². The number of carboxylic acid groups (broad SMARTS) is 1. The number of likely N-dealkylation sites (tertiary alicyclic amines) is 1. The second-order valence-electron chi connectivity index (χ2n) is 5.95. The molecular formula is C19H20ClNO3. The quantitative estimate of drug-likeness (QED) is 0.876. The van der Waals surface area contributed by atoms with Crippen molar-refractivity contribution in [1.29, 1.82) is 0 Å². The van der Waals surface area contributed by atoms with E-state index in [0.29, 0.717) is 24.7 Å². The van der Waals surface area contributed by atoms with E-state index in [2.05, 4.69) is 12.1 Å². The zero-order valence-corrected chi connectivity index (χ0v) is 14.1. The summed E-state index contributed by atoms with van der Waals surface area (Å²) in [4.78, 5) is 12.4. The van der Waals surface area contributed by atoms with Gasteiger partial charge in [0.2, 0.25) is 0 Å². The molecule has 2 aromatic rings. The molecule has 3 rings (SSSR count). The number of benzene rings is 2. The fourth-order valence-electron chi connectivity index (χ4n) is 3.01. The van der Waals surface area contributed by atoms with Crippen LogP contribution in [-0.2, 0) is 11.3 Å². The van der Waals surface area contributed by atoms with E-state index in [-0.39, 0.29) is 6.10 Å². The third kappa shape index (κ3) is 4.08. The molecule has 0 aromatic heterocycles.